The summed E-state index contributed by atoms with van der Waals surface area (Å²) in [5, 5.41) is 11.3. The summed E-state index contributed by atoms with van der Waals surface area (Å²) >= 11 is 0. The molecular formula is C14H14F3NO3. The Bertz CT molecular complexity index is 583. The summed E-state index contributed by atoms with van der Waals surface area (Å²) < 4.78 is 39.5. The van der Waals surface area contributed by atoms with Crippen LogP contribution in [0, 0.1) is 22.9 Å². The molecule has 0 heterocycles. The number of carbonyl (C=O) groups excluding carboxylic acids is 1. The molecule has 1 aromatic carbocycles. The van der Waals surface area contributed by atoms with Crippen LogP contribution in [0.3, 0.4) is 0 Å². The summed E-state index contributed by atoms with van der Waals surface area (Å²) in [7, 11) is 0. The molecule has 1 aromatic rings. The van der Waals surface area contributed by atoms with E-state index in [-0.39, 0.29) is 6.42 Å². The van der Waals surface area contributed by atoms with Crippen molar-refractivity contribution in [1.29, 1.82) is 0 Å². The summed E-state index contributed by atoms with van der Waals surface area (Å²) in [5.74, 6) is -5.68. The van der Waals surface area contributed by atoms with E-state index in [1.807, 2.05) is 5.32 Å². The molecule has 2 N–H and O–H groups in total. The first-order valence-corrected chi connectivity index (χ1v) is 6.52. The lowest BCUT2D eigenvalue weighted by Gasteiger charge is -2.22. The lowest BCUT2D eigenvalue weighted by atomic mass is 9.82. The fraction of sp³-hybridized carbons (Fsp3) is 0.429. The van der Waals surface area contributed by atoms with Crippen LogP contribution in [0.2, 0.25) is 0 Å². The highest BCUT2D eigenvalue weighted by molar-refractivity contribution is 5.94. The number of hydrogen-bond donors (Lipinski definition) is 2. The Morgan fingerprint density at radius 2 is 1.81 bits per heavy atom. The number of carbonyl (C=O) groups is 2. The van der Waals surface area contributed by atoms with Crippen molar-refractivity contribution in [2.75, 3.05) is 5.32 Å². The van der Waals surface area contributed by atoms with Gasteiger partial charge in [0.1, 0.15) is 5.82 Å². The Morgan fingerprint density at radius 1 is 1.19 bits per heavy atom. The van der Waals surface area contributed by atoms with Gasteiger partial charge in [-0.1, -0.05) is 12.8 Å². The average molecular weight is 301 g/mol. The third-order valence-electron chi connectivity index (χ3n) is 3.78. The number of halogens is 3. The fourth-order valence-electron chi connectivity index (χ4n) is 2.67. The summed E-state index contributed by atoms with van der Waals surface area (Å²) in [6.07, 6.45) is 1.76. The summed E-state index contributed by atoms with van der Waals surface area (Å²) in [6, 6.07) is 1.01. The van der Waals surface area contributed by atoms with Crippen LogP contribution in [-0.2, 0) is 9.59 Å². The minimum absolute atomic E-state index is 0.347. The number of rotatable bonds is 4. The van der Waals surface area contributed by atoms with E-state index in [0.29, 0.717) is 37.8 Å². The number of carboxylic acids is 1. The maximum Gasteiger partial charge on any atom is 0.310 e. The first kappa shape index (κ1) is 15.3. The topological polar surface area (TPSA) is 66.4 Å². The molecule has 1 fully saturated rings. The van der Waals surface area contributed by atoms with Crippen molar-refractivity contribution in [3.63, 3.8) is 0 Å². The van der Waals surface area contributed by atoms with Crippen molar-refractivity contribution in [2.45, 2.75) is 32.1 Å². The predicted octanol–water partition coefficient (Wildman–Crippen LogP) is 3.08. The molecule has 21 heavy (non-hydrogen) atoms. The van der Waals surface area contributed by atoms with Crippen molar-refractivity contribution in [2.24, 2.45) is 5.41 Å². The molecule has 2 rings (SSSR count). The van der Waals surface area contributed by atoms with Crippen molar-refractivity contribution < 1.29 is 27.9 Å². The molecule has 0 aliphatic heterocycles. The minimum atomic E-state index is -1.42. The monoisotopic (exact) mass is 301 g/mol. The van der Waals surface area contributed by atoms with Gasteiger partial charge in [0, 0.05) is 18.6 Å². The molecule has 0 bridgehead atoms. The average Bonchev–Trinajstić information content (AvgIpc) is 2.85. The van der Waals surface area contributed by atoms with Gasteiger partial charge in [-0.2, -0.15) is 0 Å². The number of carboxylic acid groups (broad SMARTS) is 1. The summed E-state index contributed by atoms with van der Waals surface area (Å²) in [5.41, 5.74) is -1.80. The van der Waals surface area contributed by atoms with E-state index >= 15 is 0 Å². The maximum atomic E-state index is 13.4. The van der Waals surface area contributed by atoms with Gasteiger partial charge in [-0.3, -0.25) is 9.59 Å². The molecule has 4 nitrogen and oxygen atoms in total. The second kappa shape index (κ2) is 5.75. The van der Waals surface area contributed by atoms with Gasteiger partial charge in [-0.25, -0.2) is 13.2 Å². The third-order valence-corrected chi connectivity index (χ3v) is 3.78. The van der Waals surface area contributed by atoms with E-state index in [1.54, 1.807) is 0 Å². The van der Waals surface area contributed by atoms with Gasteiger partial charge < -0.3 is 10.4 Å². The highest BCUT2D eigenvalue weighted by Gasteiger charge is 2.43. The quantitative estimate of drug-likeness (QED) is 0.840. The fourth-order valence-corrected chi connectivity index (χ4v) is 2.67. The van der Waals surface area contributed by atoms with E-state index in [0.717, 1.165) is 0 Å². The highest BCUT2D eigenvalue weighted by atomic mass is 19.2. The molecule has 7 heteroatoms. The zero-order valence-electron chi connectivity index (χ0n) is 11.1. The van der Waals surface area contributed by atoms with E-state index in [9.17, 15) is 27.9 Å². The second-order valence-electron chi connectivity index (χ2n) is 5.27. The molecule has 1 amide bonds. The normalized spacial score (nSPS) is 16.7. The zero-order chi connectivity index (χ0) is 15.6. The van der Waals surface area contributed by atoms with Crippen LogP contribution < -0.4 is 5.32 Å². The van der Waals surface area contributed by atoms with Gasteiger partial charge in [-0.05, 0) is 12.8 Å². The van der Waals surface area contributed by atoms with Gasteiger partial charge in [0.15, 0.2) is 11.6 Å². The van der Waals surface area contributed by atoms with Crippen LogP contribution in [0.1, 0.15) is 32.1 Å². The van der Waals surface area contributed by atoms with Crippen molar-refractivity contribution in [3.05, 3.63) is 29.6 Å². The molecular weight excluding hydrogens is 287 g/mol. The number of hydrogen-bond acceptors (Lipinski definition) is 2. The lowest BCUT2D eigenvalue weighted by Crippen LogP contribution is -2.33. The second-order valence-corrected chi connectivity index (χ2v) is 5.27. The Labute approximate surface area is 119 Å². The van der Waals surface area contributed by atoms with Crippen molar-refractivity contribution in [3.8, 4) is 0 Å². The Kier molecular flexibility index (Phi) is 4.20. The van der Waals surface area contributed by atoms with E-state index < -0.39 is 40.4 Å². The number of anilines is 1. The molecule has 0 aromatic heterocycles. The molecule has 1 aliphatic carbocycles. The zero-order valence-corrected chi connectivity index (χ0v) is 11.1. The van der Waals surface area contributed by atoms with Gasteiger partial charge in [0.25, 0.3) is 0 Å². The predicted molar refractivity (Wildman–Crippen MR) is 68.1 cm³/mol. The van der Waals surface area contributed by atoms with Crippen LogP contribution in [0.15, 0.2) is 12.1 Å². The summed E-state index contributed by atoms with van der Waals surface area (Å²) in [4.78, 5) is 23.2. The first-order valence-electron chi connectivity index (χ1n) is 6.52. The molecule has 0 saturated heterocycles. The van der Waals surface area contributed by atoms with Gasteiger partial charge in [-0.15, -0.1) is 0 Å². The van der Waals surface area contributed by atoms with Crippen molar-refractivity contribution in [1.82, 2.24) is 0 Å². The van der Waals surface area contributed by atoms with E-state index in [2.05, 4.69) is 0 Å². The van der Waals surface area contributed by atoms with Gasteiger partial charge >= 0.3 is 5.97 Å². The summed E-state index contributed by atoms with van der Waals surface area (Å²) in [6.45, 7) is 0. The largest absolute Gasteiger partial charge is 0.481 e. The smallest absolute Gasteiger partial charge is 0.310 e. The van der Waals surface area contributed by atoms with Crippen LogP contribution in [-0.4, -0.2) is 17.0 Å². The SMILES string of the molecule is O=C(CC1(C(=O)O)CCCC1)Nc1cc(F)cc(F)c1F. The van der Waals surface area contributed by atoms with Crippen LogP contribution in [0.4, 0.5) is 18.9 Å². The van der Waals surface area contributed by atoms with Gasteiger partial charge in [0.05, 0.1) is 11.1 Å². The minimum Gasteiger partial charge on any atom is -0.481 e. The molecule has 1 saturated carbocycles. The van der Waals surface area contributed by atoms with Crippen LogP contribution in [0.25, 0.3) is 0 Å². The highest BCUT2D eigenvalue weighted by Crippen LogP contribution is 2.41. The number of amides is 1. The van der Waals surface area contributed by atoms with Crippen LogP contribution in [0.5, 0.6) is 0 Å². The lowest BCUT2D eigenvalue weighted by molar-refractivity contribution is -0.150. The molecule has 1 aliphatic rings. The third kappa shape index (κ3) is 3.17. The van der Waals surface area contributed by atoms with Gasteiger partial charge in [0.2, 0.25) is 5.91 Å². The maximum absolute atomic E-state index is 13.4. The Hall–Kier alpha value is -2.05. The number of aliphatic carboxylic acids is 1. The van der Waals surface area contributed by atoms with E-state index in [1.165, 1.54) is 0 Å². The van der Waals surface area contributed by atoms with Crippen molar-refractivity contribution >= 4 is 17.6 Å². The number of nitrogens with one attached hydrogen (secondary N) is 1. The molecule has 0 spiro atoms. The molecule has 114 valence electrons. The molecule has 0 atom stereocenters. The number of benzene rings is 1. The Morgan fingerprint density at radius 3 is 2.38 bits per heavy atom. The Balaban J connectivity index is 2.13. The van der Waals surface area contributed by atoms with E-state index in [4.69, 9.17) is 0 Å². The molecule has 0 radical (unpaired) electrons. The first-order chi connectivity index (χ1) is 9.84. The van der Waals surface area contributed by atoms with Crippen LogP contribution >= 0.6 is 0 Å². The standard InChI is InChI=1S/C14H14F3NO3/c15-8-5-9(16)12(17)10(6-8)18-11(19)7-14(13(20)21)3-1-2-4-14/h5-6H,1-4,7H2,(H,18,19)(H,20,21). The molecule has 0 unspecified atom stereocenters.